The number of carbonyl (C=O) groups is 1. The van der Waals surface area contributed by atoms with Crippen LogP contribution in [0.2, 0.25) is 0 Å². The third-order valence-corrected chi connectivity index (χ3v) is 3.61. The van der Waals surface area contributed by atoms with Crippen molar-refractivity contribution in [2.75, 3.05) is 17.3 Å². The minimum Gasteiger partial charge on any atom is -0.495 e. The van der Waals surface area contributed by atoms with Gasteiger partial charge < -0.3 is 10.1 Å². The average molecular weight is 286 g/mol. The van der Waals surface area contributed by atoms with E-state index in [0.29, 0.717) is 17.0 Å². The van der Waals surface area contributed by atoms with Crippen molar-refractivity contribution in [2.24, 2.45) is 0 Å². The Labute approximate surface area is 122 Å². The van der Waals surface area contributed by atoms with Crippen LogP contribution in [-0.2, 0) is 0 Å². The molecule has 1 amide bonds. The highest BCUT2D eigenvalue weighted by molar-refractivity contribution is 7.81. The van der Waals surface area contributed by atoms with Crippen LogP contribution in [0.1, 0.15) is 10.4 Å². The van der Waals surface area contributed by atoms with Crippen LogP contribution in [0.25, 0.3) is 0 Å². The first kappa shape index (κ1) is 12.9. The van der Waals surface area contributed by atoms with Gasteiger partial charge in [-0.15, -0.1) is 12.6 Å². The Kier molecular flexibility index (Phi) is 3.28. The molecule has 0 saturated carbocycles. The van der Waals surface area contributed by atoms with Gasteiger partial charge in [-0.2, -0.15) is 0 Å². The van der Waals surface area contributed by atoms with Crippen LogP contribution in [0.3, 0.4) is 0 Å². The van der Waals surface area contributed by atoms with Crippen LogP contribution in [-0.4, -0.2) is 18.5 Å². The van der Waals surface area contributed by atoms with Crippen molar-refractivity contribution in [3.05, 3.63) is 54.1 Å². The Morgan fingerprint density at radius 3 is 2.60 bits per heavy atom. The van der Waals surface area contributed by atoms with E-state index in [2.05, 4.69) is 17.9 Å². The highest BCUT2D eigenvalue weighted by atomic mass is 32.1. The molecule has 4 nitrogen and oxygen atoms in total. The number of thiol groups is 1. The first-order valence-electron chi connectivity index (χ1n) is 6.22. The Morgan fingerprint density at radius 2 is 1.90 bits per heavy atom. The van der Waals surface area contributed by atoms with Gasteiger partial charge in [-0.25, -0.2) is 0 Å². The van der Waals surface area contributed by atoms with E-state index >= 15 is 0 Å². The number of anilines is 2. The molecule has 3 rings (SSSR count). The number of nitrogens with zero attached hydrogens (tertiary/aromatic N) is 1. The summed E-state index contributed by atoms with van der Waals surface area (Å²) in [6, 6.07) is 14.9. The predicted molar refractivity (Wildman–Crippen MR) is 82.6 cm³/mol. The number of nitrogens with one attached hydrogen (secondary N) is 1. The Bertz CT molecular complexity index is 646. The highest BCUT2D eigenvalue weighted by Gasteiger charge is 2.32. The highest BCUT2D eigenvalue weighted by Crippen LogP contribution is 2.36. The number of hydrogen-bond acceptors (Lipinski definition) is 4. The second-order valence-electron chi connectivity index (χ2n) is 4.41. The van der Waals surface area contributed by atoms with Gasteiger partial charge in [0.2, 0.25) is 0 Å². The van der Waals surface area contributed by atoms with Gasteiger partial charge in [-0.1, -0.05) is 24.3 Å². The lowest BCUT2D eigenvalue weighted by atomic mass is 10.1. The van der Waals surface area contributed by atoms with Crippen LogP contribution in [0, 0.1) is 0 Å². The molecule has 1 N–H and O–H groups in total. The monoisotopic (exact) mass is 286 g/mol. The Morgan fingerprint density at radius 1 is 1.15 bits per heavy atom. The molecule has 0 radical (unpaired) electrons. The van der Waals surface area contributed by atoms with E-state index in [1.54, 1.807) is 24.1 Å². The van der Waals surface area contributed by atoms with Crippen LogP contribution < -0.4 is 15.0 Å². The zero-order valence-corrected chi connectivity index (χ0v) is 11.8. The van der Waals surface area contributed by atoms with Crippen LogP contribution >= 0.6 is 12.6 Å². The quantitative estimate of drug-likeness (QED) is 0.834. The second-order valence-corrected chi connectivity index (χ2v) is 4.90. The van der Waals surface area contributed by atoms with Crippen LogP contribution in [0.15, 0.2) is 48.5 Å². The van der Waals surface area contributed by atoms with Crippen molar-refractivity contribution in [1.82, 2.24) is 0 Å². The maximum atomic E-state index is 12.7. The lowest BCUT2D eigenvalue weighted by molar-refractivity contribution is 0.0983. The van der Waals surface area contributed by atoms with Gasteiger partial charge in [-0.3, -0.25) is 9.69 Å². The van der Waals surface area contributed by atoms with E-state index in [-0.39, 0.29) is 5.91 Å². The summed E-state index contributed by atoms with van der Waals surface area (Å²) in [5, 5.41) is 3.20. The van der Waals surface area contributed by atoms with Crippen molar-refractivity contribution < 1.29 is 9.53 Å². The molecule has 2 aromatic carbocycles. The number of carbonyl (C=O) groups excluding carboxylic acids is 1. The van der Waals surface area contributed by atoms with E-state index < -0.39 is 5.50 Å². The van der Waals surface area contributed by atoms with Gasteiger partial charge in [0.15, 0.2) is 5.50 Å². The number of rotatable bonds is 2. The molecule has 0 fully saturated rings. The second kappa shape index (κ2) is 5.09. The number of hydrogen-bond donors (Lipinski definition) is 2. The van der Waals surface area contributed by atoms with Crippen molar-refractivity contribution in [1.29, 1.82) is 0 Å². The fraction of sp³-hybridized carbons (Fsp3) is 0.133. The zero-order valence-electron chi connectivity index (χ0n) is 10.9. The first-order chi connectivity index (χ1) is 9.72. The van der Waals surface area contributed by atoms with Gasteiger partial charge in [0.1, 0.15) is 5.75 Å². The fourth-order valence-corrected chi connectivity index (χ4v) is 2.68. The molecular formula is C15H14N2O2S. The standard InChI is InChI=1S/C15H14N2O2S/c1-19-12-9-5-8-11-13(12)16-15(20)17(14(11)18)10-6-3-2-4-7-10/h2-9,15-16,20H,1H3. The molecule has 102 valence electrons. The topological polar surface area (TPSA) is 41.6 Å². The molecule has 1 heterocycles. The van der Waals surface area contributed by atoms with Crippen molar-refractivity contribution in [3.8, 4) is 5.75 Å². The van der Waals surface area contributed by atoms with Crippen molar-refractivity contribution >= 4 is 29.9 Å². The molecule has 1 atom stereocenters. The molecule has 2 aromatic rings. The van der Waals surface area contributed by atoms with Crippen LogP contribution in [0.5, 0.6) is 5.75 Å². The van der Waals surface area contributed by atoms with Gasteiger partial charge in [0.05, 0.1) is 18.4 Å². The van der Waals surface area contributed by atoms with E-state index in [0.717, 1.165) is 5.69 Å². The Balaban J connectivity index is 2.08. The minimum atomic E-state index is -0.436. The predicted octanol–water partition coefficient (Wildman–Crippen LogP) is 2.98. The Hall–Kier alpha value is -2.14. The SMILES string of the molecule is COc1cccc2c1NC(S)N(c1ccccc1)C2=O. The smallest absolute Gasteiger partial charge is 0.262 e. The summed E-state index contributed by atoms with van der Waals surface area (Å²) in [5.74, 6) is 0.548. The van der Waals surface area contributed by atoms with Gasteiger partial charge in [0, 0.05) is 5.69 Å². The van der Waals surface area contributed by atoms with Crippen LogP contribution in [0.4, 0.5) is 11.4 Å². The molecule has 1 aliphatic rings. The van der Waals surface area contributed by atoms with Crippen molar-refractivity contribution in [3.63, 3.8) is 0 Å². The molecule has 0 aliphatic carbocycles. The maximum Gasteiger partial charge on any atom is 0.262 e. The summed E-state index contributed by atoms with van der Waals surface area (Å²) in [7, 11) is 1.58. The number of benzene rings is 2. The molecule has 1 unspecified atom stereocenters. The third-order valence-electron chi connectivity index (χ3n) is 3.25. The summed E-state index contributed by atoms with van der Waals surface area (Å²) in [4.78, 5) is 14.3. The summed E-state index contributed by atoms with van der Waals surface area (Å²) in [6.07, 6.45) is 0. The molecule has 0 aromatic heterocycles. The molecule has 5 heteroatoms. The van der Waals surface area contributed by atoms with Gasteiger partial charge in [0.25, 0.3) is 5.91 Å². The van der Waals surface area contributed by atoms with E-state index in [4.69, 9.17) is 4.74 Å². The number of ether oxygens (including phenoxy) is 1. The number of methoxy groups -OCH3 is 1. The molecule has 0 saturated heterocycles. The molecule has 0 spiro atoms. The summed E-state index contributed by atoms with van der Waals surface area (Å²) in [6.45, 7) is 0. The largest absolute Gasteiger partial charge is 0.495 e. The maximum absolute atomic E-state index is 12.7. The molecule has 1 aliphatic heterocycles. The number of amides is 1. The first-order valence-corrected chi connectivity index (χ1v) is 6.74. The number of fused-ring (bicyclic) bond motifs is 1. The normalized spacial score (nSPS) is 17.4. The van der Waals surface area contributed by atoms with Gasteiger partial charge >= 0.3 is 0 Å². The molecule has 20 heavy (non-hydrogen) atoms. The van der Waals surface area contributed by atoms with E-state index in [9.17, 15) is 4.79 Å². The summed E-state index contributed by atoms with van der Waals surface area (Å²) in [5.41, 5.74) is 1.64. The van der Waals surface area contributed by atoms with Gasteiger partial charge in [-0.05, 0) is 24.3 Å². The molecule has 0 bridgehead atoms. The van der Waals surface area contributed by atoms with E-state index in [1.807, 2.05) is 36.4 Å². The summed E-state index contributed by atoms with van der Waals surface area (Å²) >= 11 is 4.48. The third kappa shape index (κ3) is 2.00. The molecular weight excluding hydrogens is 272 g/mol. The van der Waals surface area contributed by atoms with E-state index in [1.165, 1.54) is 0 Å². The zero-order chi connectivity index (χ0) is 14.1. The number of para-hydroxylation sites is 2. The average Bonchev–Trinajstić information content (AvgIpc) is 2.48. The lowest BCUT2D eigenvalue weighted by Crippen LogP contribution is -2.46. The fourth-order valence-electron chi connectivity index (χ4n) is 2.31. The minimum absolute atomic E-state index is 0.0937. The van der Waals surface area contributed by atoms with Crippen molar-refractivity contribution in [2.45, 2.75) is 5.50 Å². The lowest BCUT2D eigenvalue weighted by Gasteiger charge is -2.35. The summed E-state index contributed by atoms with van der Waals surface area (Å²) < 4.78 is 5.28.